The quantitative estimate of drug-likeness (QED) is 0.0266. The molecule has 0 atom stereocenters. The minimum absolute atomic E-state index is 0. The molecule has 0 saturated heterocycles. The van der Waals surface area contributed by atoms with E-state index in [0.717, 1.165) is 5.56 Å². The maximum Gasteiger partial charge on any atom is 2.00 e. The summed E-state index contributed by atoms with van der Waals surface area (Å²) in [7, 11) is -0.456. The molecule has 0 aliphatic rings. The molecule has 3 N–H and O–H groups in total. The summed E-state index contributed by atoms with van der Waals surface area (Å²) in [5.41, 5.74) is 2.92. The van der Waals surface area contributed by atoms with E-state index in [2.05, 4.69) is 109 Å². The van der Waals surface area contributed by atoms with Crippen molar-refractivity contribution in [1.82, 2.24) is 10.6 Å². The van der Waals surface area contributed by atoms with E-state index >= 15 is 0 Å². The normalized spacial score (nSPS) is 12.4. The van der Waals surface area contributed by atoms with E-state index in [-0.39, 0.29) is 33.3 Å². The second-order valence-corrected chi connectivity index (χ2v) is 15.6. The maximum atomic E-state index is 11.6. The first-order valence-corrected chi connectivity index (χ1v) is 19.3. The average molecular weight is 808 g/mol. The topological polar surface area (TPSA) is 112 Å². The van der Waals surface area contributed by atoms with Gasteiger partial charge in [0.25, 0.3) is 0 Å². The Morgan fingerprint density at radius 1 is 0.623 bits per heavy atom. The smallest absolute Gasteiger partial charge is 0.741 e. The van der Waals surface area contributed by atoms with E-state index in [1.165, 1.54) is 22.8 Å². The maximum absolute atomic E-state index is 11.6. The Morgan fingerprint density at radius 2 is 1.06 bits per heavy atom. The Morgan fingerprint density at radius 3 is 1.51 bits per heavy atom. The van der Waals surface area contributed by atoms with E-state index in [1.807, 2.05) is 60.7 Å². The molecule has 9 nitrogen and oxygen atoms in total. The van der Waals surface area contributed by atoms with Gasteiger partial charge in [0.05, 0.1) is 6.61 Å². The van der Waals surface area contributed by atoms with Crippen molar-refractivity contribution in [1.29, 1.82) is 0 Å². The Kier molecular flexibility index (Phi) is 16.3. The summed E-state index contributed by atoms with van der Waals surface area (Å²) in [5, 5.41) is 30.5. The molecule has 5 aromatic carbocycles. The first-order valence-electron chi connectivity index (χ1n) is 16.5. The van der Waals surface area contributed by atoms with Crippen molar-refractivity contribution in [2.75, 3.05) is 31.9 Å². The standard InChI is InChI=1S/C40H40N7O2PS2.Cu/c1-30(48)43-33-25-23-32(24-26-33)38(44-46-39(51)41-2)37(31-15-7-3-8-16-31)45-47-40(52)42-27-28-49-29-50(34-17-9-4-10-18-34,35-19-11-5-12-20-35)36-21-13-6-14-22-36;/h3-26H,27-29H2,1-2H3,(H4-,41,42,43,44,45,46,47,48,51,52);/q;+2/p-1. The summed E-state index contributed by atoms with van der Waals surface area (Å²) in [6, 6.07) is 48.5. The molecule has 273 valence electrons. The molecule has 0 unspecified atom stereocenters. The molecule has 13 heteroatoms. The average Bonchev–Trinajstić information content (AvgIpc) is 3.19. The third-order valence-corrected chi connectivity index (χ3v) is 12.5. The fourth-order valence-corrected chi connectivity index (χ4v) is 9.39. The van der Waals surface area contributed by atoms with Crippen LogP contribution in [0.1, 0.15) is 18.1 Å². The monoisotopic (exact) mass is 807 g/mol. The predicted molar refractivity (Wildman–Crippen MR) is 223 cm³/mol. The SMILES string of the molecule is CN/C([S-])=N/N=C(/C(=N/N=C(\[S-])NCCOC[P+](c1ccccc1)(c1ccccc1)c1ccccc1)c1ccccc1)c1ccc(NC(C)=O)cc1.[Cu+2]. The van der Waals surface area contributed by atoms with Crippen LogP contribution in [-0.4, -0.2) is 54.2 Å². The molecular formula is C40H39CuN7O2PS2+. The Labute approximate surface area is 333 Å². The number of carbonyl (C=O) groups excluding carboxylic acids is 1. The first-order chi connectivity index (χ1) is 25.4. The van der Waals surface area contributed by atoms with Gasteiger partial charge in [-0.25, -0.2) is 0 Å². The second kappa shape index (κ2) is 21.0. The number of hydrogen-bond acceptors (Lipinski definition) is 8. The van der Waals surface area contributed by atoms with Crippen molar-refractivity contribution in [2.24, 2.45) is 20.4 Å². The summed E-state index contributed by atoms with van der Waals surface area (Å²) in [6.07, 6.45) is 0.519. The van der Waals surface area contributed by atoms with Gasteiger partial charge in [0, 0.05) is 37.3 Å². The Balaban J connectivity index is 0.00000627. The number of benzene rings is 5. The van der Waals surface area contributed by atoms with Crippen LogP contribution < -0.4 is 31.9 Å². The molecule has 0 bridgehead atoms. The summed E-state index contributed by atoms with van der Waals surface area (Å²) in [4.78, 5) is 11.6. The predicted octanol–water partition coefficient (Wildman–Crippen LogP) is 5.33. The molecule has 53 heavy (non-hydrogen) atoms. The molecule has 5 rings (SSSR count). The van der Waals surface area contributed by atoms with Crippen molar-refractivity contribution >= 4 is 81.8 Å². The van der Waals surface area contributed by atoms with E-state index in [9.17, 15) is 4.79 Å². The zero-order valence-electron chi connectivity index (χ0n) is 29.1. The number of anilines is 1. The number of hydrogen-bond donors (Lipinski definition) is 3. The van der Waals surface area contributed by atoms with Crippen molar-refractivity contribution in [3.8, 4) is 0 Å². The molecule has 1 amide bonds. The van der Waals surface area contributed by atoms with E-state index < -0.39 is 7.26 Å². The Bertz CT molecular complexity index is 1920. The largest absolute Gasteiger partial charge is 2.00 e. The van der Waals surface area contributed by atoms with Gasteiger partial charge in [-0.2, -0.15) is 10.2 Å². The van der Waals surface area contributed by atoms with Gasteiger partial charge in [-0.3, -0.25) is 4.79 Å². The van der Waals surface area contributed by atoms with Gasteiger partial charge in [0.2, 0.25) is 5.91 Å². The molecule has 1 radical (unpaired) electrons. The van der Waals surface area contributed by atoms with E-state index in [1.54, 1.807) is 19.2 Å². The first kappa shape index (κ1) is 41.0. The van der Waals surface area contributed by atoms with Gasteiger partial charge >= 0.3 is 17.1 Å². The number of carbonyl (C=O) groups is 1. The minimum atomic E-state index is -2.13. The molecule has 0 aromatic heterocycles. The van der Waals surface area contributed by atoms with Gasteiger partial charge in [-0.05, 0) is 58.9 Å². The molecule has 0 saturated carbocycles. The van der Waals surface area contributed by atoms with Gasteiger partial charge < -0.3 is 45.9 Å². The summed E-state index contributed by atoms with van der Waals surface area (Å²) in [5.74, 6) is -0.169. The fraction of sp³-hybridized carbons (Fsp3) is 0.125. The van der Waals surface area contributed by atoms with Gasteiger partial charge in [-0.1, -0.05) is 97.1 Å². The third kappa shape index (κ3) is 11.3. The van der Waals surface area contributed by atoms with Gasteiger partial charge in [-0.15, -0.1) is 10.2 Å². The fourth-order valence-electron chi connectivity index (χ4n) is 5.42. The Hall–Kier alpha value is -4.80. The van der Waals surface area contributed by atoms with Gasteiger partial charge in [0.15, 0.2) is 6.35 Å². The number of nitrogens with zero attached hydrogens (tertiary/aromatic N) is 4. The summed E-state index contributed by atoms with van der Waals surface area (Å²) >= 11 is 10.8. The van der Waals surface area contributed by atoms with Crippen molar-refractivity contribution in [3.63, 3.8) is 0 Å². The van der Waals surface area contributed by atoms with Crippen LogP contribution in [0.4, 0.5) is 5.69 Å². The molecule has 0 fully saturated rings. The van der Waals surface area contributed by atoms with Crippen molar-refractivity contribution in [2.45, 2.75) is 6.92 Å². The molecule has 0 aliphatic carbocycles. The number of amides is 1. The molecule has 0 heterocycles. The minimum Gasteiger partial charge on any atom is -0.741 e. The zero-order valence-corrected chi connectivity index (χ0v) is 32.6. The number of nitrogens with one attached hydrogen (secondary N) is 3. The molecular weight excluding hydrogens is 769 g/mol. The van der Waals surface area contributed by atoms with Crippen LogP contribution in [0.15, 0.2) is 166 Å². The van der Waals surface area contributed by atoms with Crippen LogP contribution in [0.2, 0.25) is 0 Å². The number of amidine groups is 2. The number of ether oxygens (including phenoxy) is 1. The van der Waals surface area contributed by atoms with Crippen LogP contribution in [0.3, 0.4) is 0 Å². The van der Waals surface area contributed by atoms with Crippen molar-refractivity contribution < 1.29 is 26.6 Å². The third-order valence-electron chi connectivity index (χ3n) is 7.84. The summed E-state index contributed by atoms with van der Waals surface area (Å²) in [6.45, 7) is 2.28. The van der Waals surface area contributed by atoms with Crippen LogP contribution in [-0.2, 0) is 51.9 Å². The van der Waals surface area contributed by atoms with Crippen LogP contribution >= 0.6 is 7.26 Å². The molecule has 5 aromatic rings. The van der Waals surface area contributed by atoms with Crippen LogP contribution in [0, 0.1) is 0 Å². The molecule has 0 aliphatic heterocycles. The molecule has 0 spiro atoms. The van der Waals surface area contributed by atoms with Crippen molar-refractivity contribution in [3.05, 3.63) is 157 Å². The van der Waals surface area contributed by atoms with E-state index in [4.69, 9.17) is 30.0 Å². The van der Waals surface area contributed by atoms with Crippen LogP contribution in [0.5, 0.6) is 0 Å². The summed E-state index contributed by atoms with van der Waals surface area (Å²) < 4.78 is 6.48. The van der Waals surface area contributed by atoms with Gasteiger partial charge in [0.1, 0.15) is 34.6 Å². The second-order valence-electron chi connectivity index (χ2n) is 11.4. The zero-order chi connectivity index (χ0) is 36.6. The van der Waals surface area contributed by atoms with E-state index in [0.29, 0.717) is 42.2 Å². The van der Waals surface area contributed by atoms with Crippen LogP contribution in [0.25, 0.3) is 0 Å². The number of rotatable bonds is 14.